The van der Waals surface area contributed by atoms with E-state index in [4.69, 9.17) is 9.47 Å². The maximum absolute atomic E-state index is 10.3. The summed E-state index contributed by atoms with van der Waals surface area (Å²) in [6.45, 7) is 2.85. The van der Waals surface area contributed by atoms with Crippen molar-refractivity contribution in [1.82, 2.24) is 9.78 Å². The molecule has 0 aliphatic carbocycles. The average molecular weight is 274 g/mol. The topological polar surface area (TPSA) is 56.5 Å². The third-order valence-corrected chi connectivity index (χ3v) is 3.64. The summed E-state index contributed by atoms with van der Waals surface area (Å²) in [4.78, 5) is 0. The van der Waals surface area contributed by atoms with Crippen LogP contribution in [0.2, 0.25) is 0 Å². The van der Waals surface area contributed by atoms with Crippen LogP contribution in [0.4, 0.5) is 0 Å². The van der Waals surface area contributed by atoms with Gasteiger partial charge in [-0.1, -0.05) is 0 Å². The largest absolute Gasteiger partial charge is 0.497 e. The molecule has 5 heteroatoms. The number of methoxy groups -OCH3 is 1. The van der Waals surface area contributed by atoms with Gasteiger partial charge in [0.1, 0.15) is 17.6 Å². The molecule has 5 nitrogen and oxygen atoms in total. The van der Waals surface area contributed by atoms with Crippen LogP contribution in [0.3, 0.4) is 0 Å². The predicted molar refractivity (Wildman–Crippen MR) is 73.8 cm³/mol. The molecule has 2 atom stereocenters. The van der Waals surface area contributed by atoms with Crippen molar-refractivity contribution in [3.63, 3.8) is 0 Å². The van der Waals surface area contributed by atoms with Gasteiger partial charge in [-0.2, -0.15) is 5.10 Å². The van der Waals surface area contributed by atoms with E-state index in [0.717, 1.165) is 23.4 Å². The van der Waals surface area contributed by atoms with Crippen LogP contribution in [0.5, 0.6) is 11.5 Å². The van der Waals surface area contributed by atoms with Crippen molar-refractivity contribution in [1.29, 1.82) is 0 Å². The van der Waals surface area contributed by atoms with E-state index in [0.29, 0.717) is 12.2 Å². The van der Waals surface area contributed by atoms with Crippen LogP contribution in [0.25, 0.3) is 0 Å². The minimum Gasteiger partial charge on any atom is -0.497 e. The highest BCUT2D eigenvalue weighted by atomic mass is 16.5. The first kappa shape index (κ1) is 13.0. The number of aromatic nitrogens is 2. The van der Waals surface area contributed by atoms with Crippen molar-refractivity contribution in [2.24, 2.45) is 0 Å². The molecule has 0 spiro atoms. The summed E-state index contributed by atoms with van der Waals surface area (Å²) in [5, 5.41) is 14.5. The van der Waals surface area contributed by atoms with E-state index in [1.165, 1.54) is 0 Å². The molecule has 1 unspecified atom stereocenters. The standard InChI is InChI=1S/C15H18N2O3/c1-3-17-9-10(8-16-17)14-7-13(18)12-5-4-11(19-2)6-15(12)20-14/h4-6,8-9,13-14,18H,3,7H2,1-2H3/t13-,14?/m0/s1. The Hall–Kier alpha value is -2.01. The van der Waals surface area contributed by atoms with Crippen LogP contribution in [-0.4, -0.2) is 22.0 Å². The first-order valence-electron chi connectivity index (χ1n) is 6.76. The molecule has 0 bridgehead atoms. The van der Waals surface area contributed by atoms with Crippen molar-refractivity contribution < 1.29 is 14.6 Å². The molecule has 20 heavy (non-hydrogen) atoms. The molecule has 1 aliphatic rings. The number of rotatable bonds is 3. The summed E-state index contributed by atoms with van der Waals surface area (Å²) in [5.74, 6) is 1.40. The second-order valence-electron chi connectivity index (χ2n) is 4.89. The maximum atomic E-state index is 10.3. The molecule has 0 amide bonds. The minimum absolute atomic E-state index is 0.176. The Bertz CT molecular complexity index is 609. The van der Waals surface area contributed by atoms with Gasteiger partial charge in [0.15, 0.2) is 0 Å². The Balaban J connectivity index is 1.90. The number of nitrogens with zero attached hydrogens (tertiary/aromatic N) is 2. The maximum Gasteiger partial charge on any atom is 0.130 e. The van der Waals surface area contributed by atoms with Crippen molar-refractivity contribution in [2.45, 2.75) is 32.1 Å². The van der Waals surface area contributed by atoms with Crippen LogP contribution in [0.15, 0.2) is 30.6 Å². The van der Waals surface area contributed by atoms with Gasteiger partial charge >= 0.3 is 0 Å². The number of hydrogen-bond donors (Lipinski definition) is 1. The lowest BCUT2D eigenvalue weighted by atomic mass is 9.96. The van der Waals surface area contributed by atoms with Crippen molar-refractivity contribution >= 4 is 0 Å². The van der Waals surface area contributed by atoms with Crippen LogP contribution >= 0.6 is 0 Å². The van der Waals surface area contributed by atoms with Gasteiger partial charge in [0, 0.05) is 36.4 Å². The molecule has 1 aliphatic heterocycles. The summed E-state index contributed by atoms with van der Waals surface area (Å²) in [6.07, 6.45) is 3.59. The van der Waals surface area contributed by atoms with Gasteiger partial charge in [-0.25, -0.2) is 0 Å². The molecule has 0 radical (unpaired) electrons. The number of hydrogen-bond acceptors (Lipinski definition) is 4. The number of benzene rings is 1. The van der Waals surface area contributed by atoms with Gasteiger partial charge in [-0.05, 0) is 19.1 Å². The van der Waals surface area contributed by atoms with Crippen LogP contribution < -0.4 is 9.47 Å². The fourth-order valence-electron chi connectivity index (χ4n) is 2.47. The SMILES string of the molecule is CCn1cc(C2C[C@H](O)c3ccc(OC)cc3O2)cn1. The van der Waals surface area contributed by atoms with Crippen molar-refractivity contribution in [2.75, 3.05) is 7.11 Å². The summed E-state index contributed by atoms with van der Waals surface area (Å²) in [7, 11) is 1.61. The Labute approximate surface area is 117 Å². The molecule has 0 saturated carbocycles. The van der Waals surface area contributed by atoms with Gasteiger partial charge in [0.05, 0.1) is 19.4 Å². The quantitative estimate of drug-likeness (QED) is 0.934. The van der Waals surface area contributed by atoms with Crippen LogP contribution in [0.1, 0.15) is 36.7 Å². The van der Waals surface area contributed by atoms with E-state index < -0.39 is 6.10 Å². The van der Waals surface area contributed by atoms with Gasteiger partial charge < -0.3 is 14.6 Å². The van der Waals surface area contributed by atoms with Crippen LogP contribution in [-0.2, 0) is 6.54 Å². The van der Waals surface area contributed by atoms with Gasteiger partial charge in [0.25, 0.3) is 0 Å². The molecule has 0 saturated heterocycles. The van der Waals surface area contributed by atoms with E-state index >= 15 is 0 Å². The molecular formula is C15H18N2O3. The lowest BCUT2D eigenvalue weighted by Crippen LogP contribution is -2.18. The molecule has 1 aromatic heterocycles. The fraction of sp³-hybridized carbons (Fsp3) is 0.400. The molecule has 106 valence electrons. The third kappa shape index (κ3) is 2.25. The normalized spacial score (nSPS) is 21.1. The number of aliphatic hydroxyl groups excluding tert-OH is 1. The van der Waals surface area contributed by atoms with Gasteiger partial charge in [-0.15, -0.1) is 0 Å². The zero-order chi connectivity index (χ0) is 14.1. The van der Waals surface area contributed by atoms with Gasteiger partial charge in [0.2, 0.25) is 0 Å². The summed E-state index contributed by atoms with van der Waals surface area (Å²) >= 11 is 0. The highest BCUT2D eigenvalue weighted by Gasteiger charge is 2.29. The monoisotopic (exact) mass is 274 g/mol. The third-order valence-electron chi connectivity index (χ3n) is 3.64. The number of fused-ring (bicyclic) bond motifs is 1. The second kappa shape index (κ2) is 5.17. The Morgan fingerprint density at radius 3 is 3.05 bits per heavy atom. The molecule has 1 N–H and O–H groups in total. The van der Waals surface area contributed by atoms with E-state index in [2.05, 4.69) is 5.10 Å². The zero-order valence-electron chi connectivity index (χ0n) is 11.6. The van der Waals surface area contributed by atoms with Crippen LogP contribution in [0, 0.1) is 0 Å². The summed E-state index contributed by atoms with van der Waals surface area (Å²) in [5.41, 5.74) is 1.80. The van der Waals surface area contributed by atoms with E-state index in [1.807, 2.05) is 36.0 Å². The lowest BCUT2D eigenvalue weighted by Gasteiger charge is -2.29. The molecule has 3 rings (SSSR count). The number of aryl methyl sites for hydroxylation is 1. The molecule has 1 aromatic carbocycles. The average Bonchev–Trinajstić information content (AvgIpc) is 2.95. The first-order chi connectivity index (χ1) is 9.71. The molecule has 2 aromatic rings. The minimum atomic E-state index is -0.528. The zero-order valence-corrected chi connectivity index (χ0v) is 11.6. The van der Waals surface area contributed by atoms with E-state index in [9.17, 15) is 5.11 Å². The first-order valence-corrected chi connectivity index (χ1v) is 6.76. The van der Waals surface area contributed by atoms with E-state index in [1.54, 1.807) is 13.3 Å². The van der Waals surface area contributed by atoms with Crippen molar-refractivity contribution in [3.05, 3.63) is 41.7 Å². The fourth-order valence-corrected chi connectivity index (χ4v) is 2.47. The Kier molecular flexibility index (Phi) is 3.36. The summed E-state index contributed by atoms with van der Waals surface area (Å²) < 4.78 is 13.0. The molecular weight excluding hydrogens is 256 g/mol. The predicted octanol–water partition coefficient (Wildman–Crippen LogP) is 2.47. The smallest absolute Gasteiger partial charge is 0.130 e. The lowest BCUT2D eigenvalue weighted by molar-refractivity contribution is 0.0654. The molecule has 2 heterocycles. The molecule has 0 fully saturated rings. The highest BCUT2D eigenvalue weighted by molar-refractivity contribution is 5.43. The summed E-state index contributed by atoms with van der Waals surface area (Å²) in [6, 6.07) is 5.50. The Morgan fingerprint density at radius 2 is 2.35 bits per heavy atom. The highest BCUT2D eigenvalue weighted by Crippen LogP contribution is 2.42. The van der Waals surface area contributed by atoms with Gasteiger partial charge in [-0.3, -0.25) is 4.68 Å². The Morgan fingerprint density at radius 1 is 1.50 bits per heavy atom. The second-order valence-corrected chi connectivity index (χ2v) is 4.89. The van der Waals surface area contributed by atoms with E-state index in [-0.39, 0.29) is 6.10 Å². The number of ether oxygens (including phenoxy) is 2. The van der Waals surface area contributed by atoms with Crippen molar-refractivity contribution in [3.8, 4) is 11.5 Å². The number of aliphatic hydroxyl groups is 1.